The molecule has 2 aromatic carbocycles. The highest BCUT2D eigenvalue weighted by Crippen LogP contribution is 2.40. The molecule has 9 heteroatoms. The standard InChI is InChI=1S/C29H30N2O7/c1-20-25(28(32)37-16-9-5-8-13-22-11-6-4-7-12-22)27(23-14-10-15-24(19-23)31(34)35)26(21(2)30-20)29(33)38-18-17-36-3/h4-15,19,27,30H,16-18H2,1-3H3. The van der Waals surface area contributed by atoms with Crippen LogP contribution < -0.4 is 5.32 Å². The Bertz CT molecular complexity index is 1290. The molecule has 0 amide bonds. The number of methoxy groups -OCH3 is 1. The molecular weight excluding hydrogens is 488 g/mol. The molecule has 0 spiro atoms. The Labute approximate surface area is 221 Å². The average Bonchev–Trinajstić information content (AvgIpc) is 2.90. The minimum atomic E-state index is -0.930. The van der Waals surface area contributed by atoms with Crippen LogP contribution in [0.4, 0.5) is 5.69 Å². The summed E-state index contributed by atoms with van der Waals surface area (Å²) in [6, 6.07) is 15.6. The van der Waals surface area contributed by atoms with Crippen LogP contribution in [0.25, 0.3) is 6.08 Å². The molecule has 1 atom stereocenters. The minimum absolute atomic E-state index is 0.00723. The van der Waals surface area contributed by atoms with Crippen molar-refractivity contribution in [3.8, 4) is 0 Å². The van der Waals surface area contributed by atoms with E-state index in [1.54, 1.807) is 32.1 Å². The van der Waals surface area contributed by atoms with Crippen LogP contribution in [0.5, 0.6) is 0 Å². The number of hydrogen-bond acceptors (Lipinski definition) is 8. The molecule has 9 nitrogen and oxygen atoms in total. The number of dihydropyridines is 1. The highest BCUT2D eigenvalue weighted by molar-refractivity contribution is 6.00. The van der Waals surface area contributed by atoms with Crippen molar-refractivity contribution in [3.63, 3.8) is 0 Å². The number of carbonyl (C=O) groups excluding carboxylic acids is 2. The largest absolute Gasteiger partial charge is 0.460 e. The van der Waals surface area contributed by atoms with Crippen molar-refractivity contribution in [3.05, 3.63) is 117 Å². The number of hydrogen-bond donors (Lipinski definition) is 1. The molecule has 198 valence electrons. The molecule has 1 aliphatic rings. The van der Waals surface area contributed by atoms with E-state index in [9.17, 15) is 19.7 Å². The van der Waals surface area contributed by atoms with Gasteiger partial charge in [0.05, 0.1) is 28.6 Å². The number of rotatable bonds is 11. The third-order valence-corrected chi connectivity index (χ3v) is 5.78. The fourth-order valence-corrected chi connectivity index (χ4v) is 4.05. The van der Waals surface area contributed by atoms with Gasteiger partial charge in [0.2, 0.25) is 0 Å². The second kappa shape index (κ2) is 13.7. The number of non-ortho nitro benzene ring substituents is 1. The molecule has 0 aromatic heterocycles. The Hall–Kier alpha value is -4.50. The van der Waals surface area contributed by atoms with Gasteiger partial charge in [0.1, 0.15) is 13.2 Å². The van der Waals surface area contributed by atoms with Crippen molar-refractivity contribution in [2.75, 3.05) is 26.9 Å². The second-order valence-electron chi connectivity index (χ2n) is 8.41. The SMILES string of the molecule is COCCOC(=O)C1=C(C)NC(C)=C(C(=O)OCC=CC=Cc2ccccc2)C1c1cccc([N+](=O)[O-])c1. The van der Waals surface area contributed by atoms with E-state index in [0.717, 1.165) is 5.56 Å². The monoisotopic (exact) mass is 518 g/mol. The first-order valence-corrected chi connectivity index (χ1v) is 12.0. The quantitative estimate of drug-likeness (QED) is 0.148. The maximum Gasteiger partial charge on any atom is 0.337 e. The third kappa shape index (κ3) is 7.27. The lowest BCUT2D eigenvalue weighted by Crippen LogP contribution is -2.32. The number of benzene rings is 2. The Morgan fingerprint density at radius 2 is 1.63 bits per heavy atom. The van der Waals surface area contributed by atoms with Crippen LogP contribution in [0.1, 0.15) is 30.9 Å². The van der Waals surface area contributed by atoms with Gasteiger partial charge < -0.3 is 19.5 Å². The lowest BCUT2D eigenvalue weighted by molar-refractivity contribution is -0.384. The molecule has 0 radical (unpaired) electrons. The highest BCUT2D eigenvalue weighted by Gasteiger charge is 2.38. The summed E-state index contributed by atoms with van der Waals surface area (Å²) in [7, 11) is 1.48. The van der Waals surface area contributed by atoms with Gasteiger partial charge in [-0.05, 0) is 31.1 Å². The summed E-state index contributed by atoms with van der Waals surface area (Å²) < 4.78 is 15.8. The Morgan fingerprint density at radius 3 is 2.29 bits per heavy atom. The van der Waals surface area contributed by atoms with Crippen LogP contribution in [-0.2, 0) is 23.8 Å². The summed E-state index contributed by atoms with van der Waals surface area (Å²) in [6.45, 7) is 3.58. The molecule has 0 saturated carbocycles. The minimum Gasteiger partial charge on any atom is -0.460 e. The van der Waals surface area contributed by atoms with Crippen molar-refractivity contribution < 1.29 is 28.7 Å². The zero-order valence-electron chi connectivity index (χ0n) is 21.5. The van der Waals surface area contributed by atoms with Crippen LogP contribution in [-0.4, -0.2) is 43.8 Å². The number of ether oxygens (including phenoxy) is 3. The first-order valence-electron chi connectivity index (χ1n) is 12.0. The van der Waals surface area contributed by atoms with Crippen LogP contribution in [0.2, 0.25) is 0 Å². The maximum absolute atomic E-state index is 13.3. The number of nitrogens with one attached hydrogen (secondary N) is 1. The summed E-state index contributed by atoms with van der Waals surface area (Å²) in [5.74, 6) is -2.24. The molecule has 2 aromatic rings. The zero-order valence-corrected chi connectivity index (χ0v) is 21.5. The molecule has 38 heavy (non-hydrogen) atoms. The van der Waals surface area contributed by atoms with E-state index < -0.39 is 22.8 Å². The van der Waals surface area contributed by atoms with E-state index in [-0.39, 0.29) is 36.7 Å². The molecule has 1 N–H and O–H groups in total. The zero-order chi connectivity index (χ0) is 27.5. The van der Waals surface area contributed by atoms with Gasteiger partial charge in [-0.2, -0.15) is 0 Å². The molecule has 0 fully saturated rings. The predicted molar refractivity (Wildman–Crippen MR) is 143 cm³/mol. The molecule has 1 aliphatic heterocycles. The van der Waals surface area contributed by atoms with Crippen LogP contribution >= 0.6 is 0 Å². The molecular formula is C29H30N2O7. The Balaban J connectivity index is 1.86. The molecule has 0 saturated heterocycles. The van der Waals surface area contributed by atoms with Gasteiger partial charge in [0.25, 0.3) is 5.69 Å². The van der Waals surface area contributed by atoms with Crippen LogP contribution in [0.15, 0.2) is 95.4 Å². The Morgan fingerprint density at radius 1 is 0.947 bits per heavy atom. The summed E-state index contributed by atoms with van der Waals surface area (Å²) in [5.41, 5.74) is 2.56. The van der Waals surface area contributed by atoms with Gasteiger partial charge in [0.15, 0.2) is 0 Å². The van der Waals surface area contributed by atoms with Gasteiger partial charge in [-0.25, -0.2) is 9.59 Å². The normalized spacial score (nSPS) is 15.6. The first kappa shape index (κ1) is 28.1. The fourth-order valence-electron chi connectivity index (χ4n) is 4.05. The number of allylic oxidation sites excluding steroid dienone is 4. The van der Waals surface area contributed by atoms with E-state index in [2.05, 4.69) is 5.32 Å². The number of carbonyl (C=O) groups is 2. The average molecular weight is 519 g/mol. The van der Waals surface area contributed by atoms with Crippen molar-refractivity contribution in [1.82, 2.24) is 5.32 Å². The first-order chi connectivity index (χ1) is 18.3. The fraction of sp³-hybridized carbons (Fsp3) is 0.241. The van der Waals surface area contributed by atoms with Crippen molar-refractivity contribution in [1.29, 1.82) is 0 Å². The van der Waals surface area contributed by atoms with Crippen molar-refractivity contribution in [2.24, 2.45) is 0 Å². The highest BCUT2D eigenvalue weighted by atomic mass is 16.6. The molecule has 1 heterocycles. The number of nitro groups is 1. The van der Waals surface area contributed by atoms with Crippen LogP contribution in [0.3, 0.4) is 0 Å². The molecule has 1 unspecified atom stereocenters. The number of nitro benzene ring substituents is 1. The molecule has 3 rings (SSSR count). The Kier molecular flexibility index (Phi) is 10.1. The number of esters is 2. The van der Waals surface area contributed by atoms with Gasteiger partial charge >= 0.3 is 11.9 Å². The third-order valence-electron chi connectivity index (χ3n) is 5.78. The van der Waals surface area contributed by atoms with Gasteiger partial charge in [-0.1, -0.05) is 60.7 Å². The lowest BCUT2D eigenvalue weighted by Gasteiger charge is -2.30. The van der Waals surface area contributed by atoms with Gasteiger partial charge in [-0.3, -0.25) is 10.1 Å². The van der Waals surface area contributed by atoms with Gasteiger partial charge in [-0.15, -0.1) is 0 Å². The summed E-state index contributed by atoms with van der Waals surface area (Å²) >= 11 is 0. The van der Waals surface area contributed by atoms with Crippen LogP contribution in [0, 0.1) is 10.1 Å². The van der Waals surface area contributed by atoms with Crippen molar-refractivity contribution >= 4 is 23.7 Å². The van der Waals surface area contributed by atoms with Crippen molar-refractivity contribution in [2.45, 2.75) is 19.8 Å². The van der Waals surface area contributed by atoms with E-state index in [1.165, 1.54) is 25.3 Å². The van der Waals surface area contributed by atoms with E-state index in [1.807, 2.05) is 42.5 Å². The summed E-state index contributed by atoms with van der Waals surface area (Å²) in [6.07, 6.45) is 7.21. The smallest absolute Gasteiger partial charge is 0.337 e. The van der Waals surface area contributed by atoms with E-state index in [4.69, 9.17) is 14.2 Å². The topological polar surface area (TPSA) is 117 Å². The lowest BCUT2D eigenvalue weighted by atomic mass is 9.80. The van der Waals surface area contributed by atoms with E-state index >= 15 is 0 Å². The number of nitrogens with zero attached hydrogens (tertiary/aromatic N) is 1. The molecule has 0 aliphatic carbocycles. The maximum atomic E-state index is 13.3. The second-order valence-corrected chi connectivity index (χ2v) is 8.41. The van der Waals surface area contributed by atoms with E-state index in [0.29, 0.717) is 17.0 Å². The summed E-state index contributed by atoms with van der Waals surface area (Å²) in [5, 5.41) is 14.5. The van der Waals surface area contributed by atoms with Gasteiger partial charge in [0, 0.05) is 30.6 Å². The summed E-state index contributed by atoms with van der Waals surface area (Å²) in [4.78, 5) is 37.3. The predicted octanol–water partition coefficient (Wildman–Crippen LogP) is 4.83. The molecule has 0 bridgehead atoms.